The lowest BCUT2D eigenvalue weighted by Crippen LogP contribution is -2.13. The van der Waals surface area contributed by atoms with Gasteiger partial charge in [0, 0.05) is 41.5 Å². The van der Waals surface area contributed by atoms with Crippen LogP contribution in [0.2, 0.25) is 5.02 Å². The van der Waals surface area contributed by atoms with E-state index in [1.54, 1.807) is 36.7 Å². The molecule has 0 aliphatic heterocycles. The van der Waals surface area contributed by atoms with Crippen LogP contribution in [0.1, 0.15) is 17.9 Å². The lowest BCUT2D eigenvalue weighted by molar-refractivity contribution is -0.116. The van der Waals surface area contributed by atoms with Gasteiger partial charge >= 0.3 is 0 Å². The van der Waals surface area contributed by atoms with E-state index in [0.29, 0.717) is 28.8 Å². The van der Waals surface area contributed by atoms with Gasteiger partial charge in [-0.3, -0.25) is 9.78 Å². The number of benzene rings is 1. The molecule has 2 aromatic heterocycles. The fourth-order valence-electron chi connectivity index (χ4n) is 2.15. The summed E-state index contributed by atoms with van der Waals surface area (Å²) in [5.74, 6) is 0.766. The average Bonchev–Trinajstić information content (AvgIpc) is 3.07. The number of carbonyl (C=O) groups excluding carboxylic acids is 1. The molecule has 0 aliphatic carbocycles. The van der Waals surface area contributed by atoms with Gasteiger partial charge < -0.3 is 9.84 Å². The van der Waals surface area contributed by atoms with E-state index >= 15 is 0 Å². The van der Waals surface area contributed by atoms with Gasteiger partial charge in [-0.25, -0.2) is 0 Å². The molecule has 0 radical (unpaired) electrons. The van der Waals surface area contributed by atoms with Crippen LogP contribution < -0.4 is 5.32 Å². The number of hydrogen-bond acceptors (Lipinski definition) is 5. The van der Waals surface area contributed by atoms with E-state index in [9.17, 15) is 4.79 Å². The van der Waals surface area contributed by atoms with Gasteiger partial charge in [0.05, 0.1) is 0 Å². The molecule has 1 N–H and O–H groups in total. The van der Waals surface area contributed by atoms with Crippen molar-refractivity contribution in [2.75, 3.05) is 5.32 Å². The van der Waals surface area contributed by atoms with Crippen LogP contribution in [0, 0.1) is 6.92 Å². The highest BCUT2D eigenvalue weighted by Crippen LogP contribution is 2.23. The summed E-state index contributed by atoms with van der Waals surface area (Å²) in [7, 11) is 0. The lowest BCUT2D eigenvalue weighted by atomic mass is 10.2. The second kappa shape index (κ2) is 7.23. The van der Waals surface area contributed by atoms with Crippen molar-refractivity contribution in [1.82, 2.24) is 15.1 Å². The largest absolute Gasteiger partial charge is 0.339 e. The van der Waals surface area contributed by atoms with E-state index in [1.807, 2.05) is 13.0 Å². The minimum absolute atomic E-state index is 0.135. The number of rotatable bonds is 5. The predicted molar refractivity (Wildman–Crippen MR) is 90.7 cm³/mol. The third-order valence-electron chi connectivity index (χ3n) is 3.51. The zero-order chi connectivity index (χ0) is 16.9. The van der Waals surface area contributed by atoms with E-state index < -0.39 is 0 Å². The van der Waals surface area contributed by atoms with Crippen molar-refractivity contribution in [3.63, 3.8) is 0 Å². The van der Waals surface area contributed by atoms with Gasteiger partial charge in [-0.1, -0.05) is 22.8 Å². The number of aromatic nitrogens is 3. The minimum Gasteiger partial charge on any atom is -0.339 e. The number of amides is 1. The lowest BCUT2D eigenvalue weighted by Gasteiger charge is -2.08. The first kappa shape index (κ1) is 16.1. The summed E-state index contributed by atoms with van der Waals surface area (Å²) in [6, 6.07) is 8.98. The number of hydrogen-bond donors (Lipinski definition) is 1. The number of nitrogens with one attached hydrogen (secondary N) is 1. The van der Waals surface area contributed by atoms with Gasteiger partial charge in [0.1, 0.15) is 0 Å². The third-order valence-corrected chi connectivity index (χ3v) is 3.92. The van der Waals surface area contributed by atoms with Gasteiger partial charge in [0.15, 0.2) is 0 Å². The van der Waals surface area contributed by atoms with Crippen LogP contribution in [0.4, 0.5) is 5.69 Å². The molecule has 0 spiro atoms. The van der Waals surface area contributed by atoms with Gasteiger partial charge in [0.25, 0.3) is 0 Å². The van der Waals surface area contributed by atoms with Gasteiger partial charge in [-0.15, -0.1) is 0 Å². The SMILES string of the molecule is Cc1c(Cl)cccc1NC(=O)CCc1nc(-c2ccncc2)no1. The zero-order valence-electron chi connectivity index (χ0n) is 13.0. The Morgan fingerprint density at radius 3 is 2.83 bits per heavy atom. The summed E-state index contributed by atoms with van der Waals surface area (Å²) in [5.41, 5.74) is 2.36. The van der Waals surface area contributed by atoms with Gasteiger partial charge in [0.2, 0.25) is 17.6 Å². The quantitative estimate of drug-likeness (QED) is 0.765. The Labute approximate surface area is 143 Å². The number of halogens is 1. The molecule has 0 fully saturated rings. The molecule has 2 heterocycles. The maximum absolute atomic E-state index is 12.1. The van der Waals surface area contributed by atoms with Crippen LogP contribution in [0.25, 0.3) is 11.4 Å². The smallest absolute Gasteiger partial charge is 0.227 e. The summed E-state index contributed by atoms with van der Waals surface area (Å²) >= 11 is 6.04. The van der Waals surface area contributed by atoms with Gasteiger partial charge in [-0.2, -0.15) is 4.98 Å². The molecule has 0 unspecified atom stereocenters. The van der Waals surface area contributed by atoms with E-state index in [0.717, 1.165) is 11.1 Å². The highest BCUT2D eigenvalue weighted by atomic mass is 35.5. The van der Waals surface area contributed by atoms with E-state index in [4.69, 9.17) is 16.1 Å². The summed E-state index contributed by atoms with van der Waals surface area (Å²) < 4.78 is 5.18. The van der Waals surface area contributed by atoms with Crippen molar-refractivity contribution >= 4 is 23.2 Å². The molecule has 0 saturated carbocycles. The standard InChI is InChI=1S/C17H15ClN4O2/c1-11-13(18)3-2-4-14(11)20-15(23)5-6-16-21-17(22-24-16)12-7-9-19-10-8-12/h2-4,7-10H,5-6H2,1H3,(H,20,23). The molecule has 0 bridgehead atoms. The first-order valence-electron chi connectivity index (χ1n) is 7.41. The molecule has 7 heteroatoms. The molecule has 1 amide bonds. The Bertz CT molecular complexity index is 849. The average molecular weight is 343 g/mol. The Kier molecular flexibility index (Phi) is 4.86. The normalized spacial score (nSPS) is 10.6. The molecule has 6 nitrogen and oxygen atoms in total. The number of carbonyl (C=O) groups is 1. The molecular weight excluding hydrogens is 328 g/mol. The minimum atomic E-state index is -0.135. The van der Waals surface area contributed by atoms with Crippen LogP contribution in [0.5, 0.6) is 0 Å². The Morgan fingerprint density at radius 2 is 2.04 bits per heavy atom. The third kappa shape index (κ3) is 3.78. The van der Waals surface area contributed by atoms with Gasteiger partial charge in [-0.05, 0) is 36.8 Å². The molecule has 1 aromatic carbocycles. The van der Waals surface area contributed by atoms with Crippen LogP contribution >= 0.6 is 11.6 Å². The fraction of sp³-hybridized carbons (Fsp3) is 0.176. The number of anilines is 1. The van der Waals surface area contributed by atoms with Crippen molar-refractivity contribution < 1.29 is 9.32 Å². The Hall–Kier alpha value is -2.73. The van der Waals surface area contributed by atoms with Crippen LogP contribution in [-0.2, 0) is 11.2 Å². The molecule has 0 saturated heterocycles. The predicted octanol–water partition coefficient (Wildman–Crippen LogP) is 3.66. The molecule has 0 aliphatic rings. The molecule has 0 atom stereocenters. The fourth-order valence-corrected chi connectivity index (χ4v) is 2.33. The summed E-state index contributed by atoms with van der Waals surface area (Å²) in [6.07, 6.45) is 3.92. The number of pyridine rings is 1. The maximum Gasteiger partial charge on any atom is 0.227 e. The zero-order valence-corrected chi connectivity index (χ0v) is 13.7. The van der Waals surface area contributed by atoms with Crippen molar-refractivity contribution in [2.24, 2.45) is 0 Å². The topological polar surface area (TPSA) is 80.9 Å². The Balaban J connectivity index is 1.59. The second-order valence-electron chi connectivity index (χ2n) is 5.21. The monoisotopic (exact) mass is 342 g/mol. The molecule has 24 heavy (non-hydrogen) atoms. The summed E-state index contributed by atoms with van der Waals surface area (Å²) in [5, 5.41) is 7.37. The highest BCUT2D eigenvalue weighted by Gasteiger charge is 2.12. The molecular formula is C17H15ClN4O2. The van der Waals surface area contributed by atoms with Crippen LogP contribution in [-0.4, -0.2) is 21.0 Å². The molecule has 3 rings (SSSR count). The van der Waals surface area contributed by atoms with E-state index in [2.05, 4.69) is 20.4 Å². The molecule has 3 aromatic rings. The Morgan fingerprint density at radius 1 is 1.25 bits per heavy atom. The second-order valence-corrected chi connectivity index (χ2v) is 5.62. The maximum atomic E-state index is 12.1. The summed E-state index contributed by atoms with van der Waals surface area (Å²) in [6.45, 7) is 1.86. The van der Waals surface area contributed by atoms with Crippen molar-refractivity contribution in [1.29, 1.82) is 0 Å². The van der Waals surface area contributed by atoms with E-state index in [-0.39, 0.29) is 12.3 Å². The van der Waals surface area contributed by atoms with Crippen molar-refractivity contribution in [2.45, 2.75) is 19.8 Å². The van der Waals surface area contributed by atoms with Crippen LogP contribution in [0.3, 0.4) is 0 Å². The number of aryl methyl sites for hydroxylation is 1. The highest BCUT2D eigenvalue weighted by molar-refractivity contribution is 6.31. The summed E-state index contributed by atoms with van der Waals surface area (Å²) in [4.78, 5) is 20.3. The molecule has 122 valence electrons. The van der Waals surface area contributed by atoms with E-state index in [1.165, 1.54) is 0 Å². The first-order valence-corrected chi connectivity index (χ1v) is 7.79. The first-order chi connectivity index (χ1) is 11.6. The van der Waals surface area contributed by atoms with Crippen molar-refractivity contribution in [3.05, 3.63) is 59.2 Å². The van der Waals surface area contributed by atoms with Crippen LogP contribution in [0.15, 0.2) is 47.2 Å². The van der Waals surface area contributed by atoms with Crippen molar-refractivity contribution in [3.8, 4) is 11.4 Å². The number of nitrogens with zero attached hydrogens (tertiary/aromatic N) is 3.